The van der Waals surface area contributed by atoms with Gasteiger partial charge in [0.15, 0.2) is 0 Å². The molecule has 1 rings (SSSR count). The lowest BCUT2D eigenvalue weighted by Crippen LogP contribution is -2.39. The van der Waals surface area contributed by atoms with Gasteiger partial charge in [0.2, 0.25) is 0 Å². The van der Waals surface area contributed by atoms with Gasteiger partial charge in [-0.15, -0.1) is 0 Å². The van der Waals surface area contributed by atoms with Crippen molar-refractivity contribution in [3.8, 4) is 0 Å². The largest absolute Gasteiger partial charge is 0.377 e. The Hall–Kier alpha value is -0.120. The lowest BCUT2D eigenvalue weighted by atomic mass is 9.99. The third-order valence-corrected chi connectivity index (χ3v) is 3.41. The minimum Gasteiger partial charge on any atom is -0.377 e. The van der Waals surface area contributed by atoms with Crippen molar-refractivity contribution in [1.82, 2.24) is 5.32 Å². The van der Waals surface area contributed by atoms with E-state index in [0.717, 1.165) is 19.1 Å². The molecule has 0 aromatic rings. The van der Waals surface area contributed by atoms with Crippen LogP contribution in [-0.4, -0.2) is 38.5 Å². The second-order valence-electron chi connectivity index (χ2n) is 5.20. The normalized spacial score (nSPS) is 19.1. The number of ether oxygens (including phenoxy) is 2. The summed E-state index contributed by atoms with van der Waals surface area (Å²) in [4.78, 5) is 0. The highest BCUT2D eigenvalue weighted by Crippen LogP contribution is 2.27. The van der Waals surface area contributed by atoms with E-state index in [1.165, 1.54) is 25.7 Å². The molecule has 0 heterocycles. The van der Waals surface area contributed by atoms with Crippen LogP contribution >= 0.6 is 0 Å². The Labute approximate surface area is 106 Å². The molecule has 1 atom stereocenters. The summed E-state index contributed by atoms with van der Waals surface area (Å²) in [6.07, 6.45) is 5.82. The van der Waals surface area contributed by atoms with Gasteiger partial charge in [0.1, 0.15) is 0 Å². The average Bonchev–Trinajstić information content (AvgIpc) is 2.80. The monoisotopic (exact) mass is 243 g/mol. The summed E-state index contributed by atoms with van der Waals surface area (Å²) in [5, 5.41) is 3.56. The number of hydrogen-bond acceptors (Lipinski definition) is 3. The molecule has 0 aliphatic heterocycles. The van der Waals surface area contributed by atoms with Gasteiger partial charge in [-0.2, -0.15) is 0 Å². The summed E-state index contributed by atoms with van der Waals surface area (Å²) in [7, 11) is 0. The van der Waals surface area contributed by atoms with Gasteiger partial charge in [-0.3, -0.25) is 0 Å². The van der Waals surface area contributed by atoms with Gasteiger partial charge in [-0.05, 0) is 39.2 Å². The van der Waals surface area contributed by atoms with E-state index in [1.54, 1.807) is 0 Å². The van der Waals surface area contributed by atoms with Crippen LogP contribution in [0.15, 0.2) is 0 Å². The zero-order chi connectivity index (χ0) is 12.5. The van der Waals surface area contributed by atoms with Crippen LogP contribution in [0.3, 0.4) is 0 Å². The van der Waals surface area contributed by atoms with Gasteiger partial charge >= 0.3 is 0 Å². The van der Waals surface area contributed by atoms with Crippen LogP contribution in [0, 0.1) is 5.92 Å². The average molecular weight is 243 g/mol. The van der Waals surface area contributed by atoms with Crippen LogP contribution in [0.5, 0.6) is 0 Å². The van der Waals surface area contributed by atoms with Gasteiger partial charge in [-0.25, -0.2) is 0 Å². The fourth-order valence-corrected chi connectivity index (χ4v) is 2.54. The Morgan fingerprint density at radius 1 is 1.18 bits per heavy atom. The van der Waals surface area contributed by atoms with Gasteiger partial charge in [-0.1, -0.05) is 19.8 Å². The third kappa shape index (κ3) is 6.39. The SMILES string of the molecule is CCNC(COCCOC(C)C)C1CCCC1. The fourth-order valence-electron chi connectivity index (χ4n) is 2.54. The molecule has 17 heavy (non-hydrogen) atoms. The lowest BCUT2D eigenvalue weighted by molar-refractivity contribution is 0.00960. The molecule has 3 nitrogen and oxygen atoms in total. The maximum Gasteiger partial charge on any atom is 0.0703 e. The van der Waals surface area contributed by atoms with Crippen molar-refractivity contribution in [3.05, 3.63) is 0 Å². The maximum atomic E-state index is 5.72. The molecule has 0 amide bonds. The second-order valence-corrected chi connectivity index (χ2v) is 5.20. The summed E-state index contributed by atoms with van der Waals surface area (Å²) in [6, 6.07) is 0.543. The highest BCUT2D eigenvalue weighted by atomic mass is 16.5. The molecule has 0 aromatic carbocycles. The van der Waals surface area contributed by atoms with Crippen LogP contribution in [0.25, 0.3) is 0 Å². The number of nitrogens with one attached hydrogen (secondary N) is 1. The first-order chi connectivity index (χ1) is 8.24. The molecule has 1 fully saturated rings. The first-order valence-electron chi connectivity index (χ1n) is 7.16. The zero-order valence-electron chi connectivity index (χ0n) is 11.7. The Morgan fingerprint density at radius 3 is 2.47 bits per heavy atom. The summed E-state index contributed by atoms with van der Waals surface area (Å²) in [5.74, 6) is 0.820. The van der Waals surface area contributed by atoms with E-state index in [1.807, 2.05) is 0 Å². The Morgan fingerprint density at radius 2 is 1.88 bits per heavy atom. The third-order valence-electron chi connectivity index (χ3n) is 3.41. The van der Waals surface area contributed by atoms with Crippen LogP contribution in [-0.2, 0) is 9.47 Å². The van der Waals surface area contributed by atoms with Crippen LogP contribution in [0.4, 0.5) is 0 Å². The first kappa shape index (κ1) is 14.9. The molecule has 1 unspecified atom stereocenters. The Kier molecular flexibility index (Phi) is 7.82. The van der Waals surface area contributed by atoms with E-state index < -0.39 is 0 Å². The molecule has 0 aromatic heterocycles. The van der Waals surface area contributed by atoms with Crippen molar-refractivity contribution >= 4 is 0 Å². The quantitative estimate of drug-likeness (QED) is 0.631. The molecular weight excluding hydrogens is 214 g/mol. The van der Waals surface area contributed by atoms with Crippen molar-refractivity contribution in [1.29, 1.82) is 0 Å². The molecule has 0 radical (unpaired) electrons. The van der Waals surface area contributed by atoms with Crippen molar-refractivity contribution in [2.45, 2.75) is 58.6 Å². The van der Waals surface area contributed by atoms with E-state index in [9.17, 15) is 0 Å². The van der Waals surface area contributed by atoms with Crippen molar-refractivity contribution in [2.24, 2.45) is 5.92 Å². The van der Waals surface area contributed by atoms with Crippen LogP contribution in [0.2, 0.25) is 0 Å². The molecule has 1 aliphatic carbocycles. The highest BCUT2D eigenvalue weighted by Gasteiger charge is 2.24. The molecular formula is C14H29NO2. The van der Waals surface area contributed by atoms with E-state index in [0.29, 0.717) is 25.4 Å². The maximum absolute atomic E-state index is 5.72. The Bertz CT molecular complexity index is 179. The summed E-state index contributed by atoms with van der Waals surface area (Å²) in [6.45, 7) is 9.57. The van der Waals surface area contributed by atoms with Gasteiger partial charge in [0.25, 0.3) is 0 Å². The lowest BCUT2D eigenvalue weighted by Gasteiger charge is -2.24. The summed E-state index contributed by atoms with van der Waals surface area (Å²) in [5.41, 5.74) is 0. The number of hydrogen-bond donors (Lipinski definition) is 1. The van der Waals surface area contributed by atoms with E-state index in [-0.39, 0.29) is 0 Å². The first-order valence-corrected chi connectivity index (χ1v) is 7.16. The van der Waals surface area contributed by atoms with Crippen LogP contribution in [0.1, 0.15) is 46.5 Å². The molecule has 1 saturated carbocycles. The standard InChI is InChI=1S/C14H29NO2/c1-4-15-14(13-7-5-6-8-13)11-16-9-10-17-12(2)3/h12-15H,4-11H2,1-3H3. The van der Waals surface area contributed by atoms with Gasteiger partial charge in [0, 0.05) is 6.04 Å². The summed E-state index contributed by atoms with van der Waals surface area (Å²) < 4.78 is 11.2. The minimum atomic E-state index is 0.304. The van der Waals surface area contributed by atoms with Crippen molar-refractivity contribution < 1.29 is 9.47 Å². The summed E-state index contributed by atoms with van der Waals surface area (Å²) >= 11 is 0. The number of rotatable bonds is 9. The topological polar surface area (TPSA) is 30.5 Å². The molecule has 0 spiro atoms. The van der Waals surface area contributed by atoms with Crippen LogP contribution < -0.4 is 5.32 Å². The van der Waals surface area contributed by atoms with E-state index in [2.05, 4.69) is 26.1 Å². The molecule has 102 valence electrons. The highest BCUT2D eigenvalue weighted by molar-refractivity contribution is 4.80. The molecule has 0 bridgehead atoms. The molecule has 0 saturated heterocycles. The number of likely N-dealkylation sites (N-methyl/N-ethyl adjacent to an activating group) is 1. The smallest absolute Gasteiger partial charge is 0.0703 e. The van der Waals surface area contributed by atoms with Crippen molar-refractivity contribution in [2.75, 3.05) is 26.4 Å². The predicted octanol–water partition coefficient (Wildman–Crippen LogP) is 2.60. The Balaban J connectivity index is 2.11. The molecule has 1 N–H and O–H groups in total. The zero-order valence-corrected chi connectivity index (χ0v) is 11.7. The van der Waals surface area contributed by atoms with Crippen molar-refractivity contribution in [3.63, 3.8) is 0 Å². The molecule has 3 heteroatoms. The molecule has 1 aliphatic rings. The van der Waals surface area contributed by atoms with E-state index in [4.69, 9.17) is 9.47 Å². The van der Waals surface area contributed by atoms with Gasteiger partial charge < -0.3 is 14.8 Å². The van der Waals surface area contributed by atoms with Gasteiger partial charge in [0.05, 0.1) is 25.9 Å². The fraction of sp³-hybridized carbons (Fsp3) is 1.00. The second kappa shape index (κ2) is 8.90. The predicted molar refractivity (Wildman–Crippen MR) is 71.3 cm³/mol. The van der Waals surface area contributed by atoms with E-state index >= 15 is 0 Å². The minimum absolute atomic E-state index is 0.304.